The summed E-state index contributed by atoms with van der Waals surface area (Å²) in [6.07, 6.45) is 4.75. The minimum Gasteiger partial charge on any atom is -0.388 e. The van der Waals surface area contributed by atoms with Crippen molar-refractivity contribution in [2.75, 3.05) is 13.1 Å². The highest BCUT2D eigenvalue weighted by molar-refractivity contribution is 6.30. The molecule has 0 aromatic heterocycles. The first-order chi connectivity index (χ1) is 9.08. The Hall–Kier alpha value is -0.640. The highest BCUT2D eigenvalue weighted by Crippen LogP contribution is 2.37. The molecule has 0 amide bonds. The van der Waals surface area contributed by atoms with Gasteiger partial charge in [0.15, 0.2) is 0 Å². The quantitative estimate of drug-likeness (QED) is 0.902. The Morgan fingerprint density at radius 2 is 2.21 bits per heavy atom. The van der Waals surface area contributed by atoms with Crippen LogP contribution in [0.25, 0.3) is 0 Å². The summed E-state index contributed by atoms with van der Waals surface area (Å²) in [7, 11) is 0. The van der Waals surface area contributed by atoms with Crippen LogP contribution in [0.5, 0.6) is 0 Å². The van der Waals surface area contributed by atoms with E-state index >= 15 is 0 Å². The van der Waals surface area contributed by atoms with Gasteiger partial charge in [0, 0.05) is 19.0 Å². The summed E-state index contributed by atoms with van der Waals surface area (Å²) in [5.74, 6) is -0.402. The molecule has 2 saturated heterocycles. The number of hydrogen-bond acceptors (Lipinski definition) is 2. The SMILES string of the molecule is OC1(Cc2ccc(Cl)c(F)c2)CCN2CCCCC21. The summed E-state index contributed by atoms with van der Waals surface area (Å²) < 4.78 is 13.5. The fourth-order valence-corrected chi connectivity index (χ4v) is 3.70. The zero-order chi connectivity index (χ0) is 13.5. The molecule has 0 aliphatic carbocycles. The van der Waals surface area contributed by atoms with Crippen molar-refractivity contribution in [2.45, 2.75) is 43.7 Å². The first-order valence-corrected chi connectivity index (χ1v) is 7.37. The molecule has 3 rings (SSSR count). The fourth-order valence-electron chi connectivity index (χ4n) is 3.58. The first-order valence-electron chi connectivity index (χ1n) is 6.99. The minimum absolute atomic E-state index is 0.140. The molecule has 19 heavy (non-hydrogen) atoms. The number of piperidine rings is 1. The Morgan fingerprint density at radius 1 is 1.37 bits per heavy atom. The van der Waals surface area contributed by atoms with Crippen LogP contribution in [0.2, 0.25) is 5.02 Å². The van der Waals surface area contributed by atoms with Gasteiger partial charge in [0.25, 0.3) is 0 Å². The summed E-state index contributed by atoms with van der Waals surface area (Å²) in [4.78, 5) is 2.38. The number of fused-ring (bicyclic) bond motifs is 1. The standard InChI is InChI=1S/C15H19ClFNO/c16-12-5-4-11(9-13(12)17)10-15(19)6-8-18-7-2-1-3-14(15)18/h4-5,9,14,19H,1-3,6-8,10H2. The fraction of sp³-hybridized carbons (Fsp3) is 0.600. The number of nitrogens with zero attached hydrogens (tertiary/aromatic N) is 1. The zero-order valence-corrected chi connectivity index (χ0v) is 11.7. The van der Waals surface area contributed by atoms with E-state index in [1.54, 1.807) is 6.07 Å². The molecule has 2 fully saturated rings. The maximum Gasteiger partial charge on any atom is 0.142 e. The lowest BCUT2D eigenvalue weighted by Crippen LogP contribution is -2.48. The van der Waals surface area contributed by atoms with Crippen molar-refractivity contribution >= 4 is 11.6 Å². The van der Waals surface area contributed by atoms with Crippen LogP contribution in [0.3, 0.4) is 0 Å². The summed E-state index contributed by atoms with van der Waals surface area (Å²) in [6.45, 7) is 2.04. The van der Waals surface area contributed by atoms with Gasteiger partial charge >= 0.3 is 0 Å². The van der Waals surface area contributed by atoms with Gasteiger partial charge in [-0.3, -0.25) is 4.90 Å². The summed E-state index contributed by atoms with van der Waals surface area (Å²) in [5, 5.41) is 11.0. The average Bonchev–Trinajstić information content (AvgIpc) is 2.73. The van der Waals surface area contributed by atoms with Crippen LogP contribution in [-0.2, 0) is 6.42 Å². The van der Waals surface area contributed by atoms with E-state index in [4.69, 9.17) is 11.6 Å². The third-order valence-corrected chi connectivity index (χ3v) is 4.87. The van der Waals surface area contributed by atoms with Crippen molar-refractivity contribution in [3.8, 4) is 0 Å². The topological polar surface area (TPSA) is 23.5 Å². The van der Waals surface area contributed by atoms with Crippen LogP contribution in [0, 0.1) is 5.82 Å². The number of hydrogen-bond donors (Lipinski definition) is 1. The molecule has 1 aromatic rings. The Kier molecular flexibility index (Phi) is 3.54. The second-order valence-electron chi connectivity index (χ2n) is 5.83. The molecule has 2 nitrogen and oxygen atoms in total. The highest BCUT2D eigenvalue weighted by atomic mass is 35.5. The molecule has 2 aliphatic rings. The van der Waals surface area contributed by atoms with Gasteiger partial charge in [-0.2, -0.15) is 0 Å². The molecular weight excluding hydrogens is 265 g/mol. The van der Waals surface area contributed by atoms with Crippen molar-refractivity contribution in [3.63, 3.8) is 0 Å². The molecule has 0 radical (unpaired) electrons. The van der Waals surface area contributed by atoms with E-state index in [9.17, 15) is 9.50 Å². The molecule has 0 bridgehead atoms. The largest absolute Gasteiger partial charge is 0.388 e. The van der Waals surface area contributed by atoms with E-state index < -0.39 is 11.4 Å². The van der Waals surface area contributed by atoms with Gasteiger partial charge in [0.2, 0.25) is 0 Å². The third-order valence-electron chi connectivity index (χ3n) is 4.56. The van der Waals surface area contributed by atoms with Gasteiger partial charge in [-0.05, 0) is 43.5 Å². The molecular formula is C15H19ClFNO. The molecule has 4 heteroatoms. The number of rotatable bonds is 2. The van der Waals surface area contributed by atoms with Gasteiger partial charge in [0.05, 0.1) is 10.6 Å². The third kappa shape index (κ3) is 2.51. The van der Waals surface area contributed by atoms with Crippen molar-refractivity contribution in [1.29, 1.82) is 0 Å². The van der Waals surface area contributed by atoms with E-state index in [0.717, 1.165) is 31.5 Å². The van der Waals surface area contributed by atoms with E-state index in [1.165, 1.54) is 18.9 Å². The Balaban J connectivity index is 1.79. The molecule has 2 aliphatic heterocycles. The van der Waals surface area contributed by atoms with Gasteiger partial charge in [-0.1, -0.05) is 24.1 Å². The van der Waals surface area contributed by atoms with Crippen molar-refractivity contribution in [1.82, 2.24) is 4.90 Å². The molecule has 0 saturated carbocycles. The first kappa shape index (κ1) is 13.3. The van der Waals surface area contributed by atoms with Gasteiger partial charge in [0.1, 0.15) is 5.82 Å². The predicted octanol–water partition coefficient (Wildman–Crippen LogP) is 3.01. The van der Waals surface area contributed by atoms with Crippen LogP contribution < -0.4 is 0 Å². The minimum atomic E-state index is -0.708. The summed E-state index contributed by atoms with van der Waals surface area (Å²) >= 11 is 5.70. The van der Waals surface area contributed by atoms with Crippen LogP contribution in [0.4, 0.5) is 4.39 Å². The summed E-state index contributed by atoms with van der Waals surface area (Å²) in [5.41, 5.74) is 0.123. The highest BCUT2D eigenvalue weighted by Gasteiger charge is 2.46. The molecule has 2 atom stereocenters. The van der Waals surface area contributed by atoms with E-state index in [2.05, 4.69) is 4.90 Å². The molecule has 1 aromatic carbocycles. The van der Waals surface area contributed by atoms with E-state index in [-0.39, 0.29) is 11.1 Å². The van der Waals surface area contributed by atoms with Gasteiger partial charge < -0.3 is 5.11 Å². The molecule has 2 unspecified atom stereocenters. The number of benzene rings is 1. The second kappa shape index (κ2) is 5.04. The maximum absolute atomic E-state index is 13.5. The molecule has 2 heterocycles. The number of aliphatic hydroxyl groups is 1. The second-order valence-corrected chi connectivity index (χ2v) is 6.23. The lowest BCUT2D eigenvalue weighted by atomic mass is 9.84. The van der Waals surface area contributed by atoms with Crippen LogP contribution in [-0.4, -0.2) is 34.7 Å². The molecule has 104 valence electrons. The van der Waals surface area contributed by atoms with Crippen LogP contribution in [0.1, 0.15) is 31.2 Å². The maximum atomic E-state index is 13.5. The molecule has 0 spiro atoms. The van der Waals surface area contributed by atoms with Gasteiger partial charge in [-0.25, -0.2) is 4.39 Å². The lowest BCUT2D eigenvalue weighted by molar-refractivity contribution is -0.00889. The Labute approximate surface area is 118 Å². The van der Waals surface area contributed by atoms with Crippen LogP contribution in [0.15, 0.2) is 18.2 Å². The Morgan fingerprint density at radius 3 is 3.00 bits per heavy atom. The smallest absolute Gasteiger partial charge is 0.142 e. The van der Waals surface area contributed by atoms with E-state index in [1.807, 2.05) is 6.07 Å². The van der Waals surface area contributed by atoms with Crippen molar-refractivity contribution in [3.05, 3.63) is 34.6 Å². The summed E-state index contributed by atoms with van der Waals surface area (Å²) in [6, 6.07) is 5.07. The average molecular weight is 284 g/mol. The zero-order valence-electron chi connectivity index (χ0n) is 10.9. The number of halogens is 2. The molecule has 1 N–H and O–H groups in total. The van der Waals surface area contributed by atoms with Crippen LogP contribution >= 0.6 is 11.6 Å². The monoisotopic (exact) mass is 283 g/mol. The van der Waals surface area contributed by atoms with Gasteiger partial charge in [-0.15, -0.1) is 0 Å². The normalized spacial score (nSPS) is 31.4. The lowest BCUT2D eigenvalue weighted by Gasteiger charge is -2.37. The van der Waals surface area contributed by atoms with E-state index in [0.29, 0.717) is 6.42 Å². The van der Waals surface area contributed by atoms with Crippen molar-refractivity contribution in [2.24, 2.45) is 0 Å². The predicted molar refractivity (Wildman–Crippen MR) is 73.9 cm³/mol. The Bertz CT molecular complexity index is 481. The van der Waals surface area contributed by atoms with Crippen molar-refractivity contribution < 1.29 is 9.50 Å².